The van der Waals surface area contributed by atoms with Crippen molar-refractivity contribution in [1.29, 1.82) is 0 Å². The maximum absolute atomic E-state index is 5.02. The monoisotopic (exact) mass is 432 g/mol. The Bertz CT molecular complexity index is 1290. The normalized spacial score (nSPS) is 14.4. The van der Waals surface area contributed by atoms with E-state index in [1.165, 1.54) is 22.6 Å². The lowest BCUT2D eigenvalue weighted by molar-refractivity contribution is 0.964. The van der Waals surface area contributed by atoms with Crippen molar-refractivity contribution in [1.82, 2.24) is 4.57 Å². The molecule has 0 amide bonds. The SMILES string of the molecule is Cc1ccc(C)n1-c1ccc(C2=Nc3ccccc3NC(=NCCc3ccccc3)C2)cc1. The number of fused-ring (bicyclic) bond motifs is 1. The summed E-state index contributed by atoms with van der Waals surface area (Å²) in [5, 5.41) is 3.53. The van der Waals surface area contributed by atoms with E-state index in [1.807, 2.05) is 18.2 Å². The smallest absolute Gasteiger partial charge is 0.107 e. The number of benzene rings is 3. The summed E-state index contributed by atoms with van der Waals surface area (Å²) in [5.74, 6) is 0.954. The highest BCUT2D eigenvalue weighted by Gasteiger charge is 2.16. The molecule has 2 heterocycles. The van der Waals surface area contributed by atoms with Crippen LogP contribution in [0.3, 0.4) is 0 Å². The molecule has 33 heavy (non-hydrogen) atoms. The highest BCUT2D eigenvalue weighted by molar-refractivity contribution is 6.18. The molecule has 0 atom stereocenters. The molecule has 1 aliphatic rings. The van der Waals surface area contributed by atoms with Gasteiger partial charge in [-0.25, -0.2) is 0 Å². The number of rotatable bonds is 5. The maximum Gasteiger partial charge on any atom is 0.107 e. The minimum Gasteiger partial charge on any atom is -0.342 e. The molecule has 0 aliphatic carbocycles. The number of amidine groups is 1. The molecule has 0 unspecified atom stereocenters. The molecule has 0 spiro atoms. The number of nitrogens with zero attached hydrogens (tertiary/aromatic N) is 3. The van der Waals surface area contributed by atoms with Gasteiger partial charge in [-0.05, 0) is 67.8 Å². The van der Waals surface area contributed by atoms with Gasteiger partial charge in [-0.2, -0.15) is 0 Å². The average molecular weight is 433 g/mol. The molecule has 4 aromatic rings. The number of aliphatic imine (C=N–C) groups is 2. The van der Waals surface area contributed by atoms with Crippen LogP contribution in [0.15, 0.2) is 101 Å². The van der Waals surface area contributed by atoms with Gasteiger partial charge in [0, 0.05) is 30.0 Å². The van der Waals surface area contributed by atoms with E-state index in [1.54, 1.807) is 0 Å². The summed E-state index contributed by atoms with van der Waals surface area (Å²) in [4.78, 5) is 9.93. The standard InChI is InChI=1S/C29H28N4/c1-21-12-13-22(2)33(21)25-16-14-24(15-17-25)28-20-29(30-19-18-23-8-4-3-5-9-23)32-27-11-7-6-10-26(27)31-28/h3-17H,18-20H2,1-2H3,(H,30,32). The van der Waals surface area contributed by atoms with E-state index in [0.29, 0.717) is 6.42 Å². The fourth-order valence-electron chi connectivity index (χ4n) is 4.33. The van der Waals surface area contributed by atoms with Crippen LogP contribution in [0.25, 0.3) is 5.69 Å². The van der Waals surface area contributed by atoms with E-state index in [0.717, 1.165) is 41.5 Å². The zero-order valence-corrected chi connectivity index (χ0v) is 19.1. The summed E-state index contributed by atoms with van der Waals surface area (Å²) in [6.45, 7) is 5.01. The van der Waals surface area contributed by atoms with Gasteiger partial charge in [0.2, 0.25) is 0 Å². The predicted octanol–water partition coefficient (Wildman–Crippen LogP) is 6.67. The number of para-hydroxylation sites is 2. The first-order valence-corrected chi connectivity index (χ1v) is 11.4. The van der Waals surface area contributed by atoms with Gasteiger partial charge in [-0.1, -0.05) is 54.6 Å². The van der Waals surface area contributed by atoms with Crippen LogP contribution in [0.4, 0.5) is 11.4 Å². The molecule has 0 saturated heterocycles. The Kier molecular flexibility index (Phi) is 5.90. The van der Waals surface area contributed by atoms with Crippen LogP contribution in [0.1, 0.15) is 28.9 Å². The second-order valence-corrected chi connectivity index (χ2v) is 8.44. The molecule has 5 rings (SSSR count). The van der Waals surface area contributed by atoms with Gasteiger partial charge in [0.25, 0.3) is 0 Å². The van der Waals surface area contributed by atoms with Crippen molar-refractivity contribution in [3.8, 4) is 5.69 Å². The third-order valence-corrected chi connectivity index (χ3v) is 6.05. The van der Waals surface area contributed by atoms with Crippen LogP contribution >= 0.6 is 0 Å². The number of nitrogens with one attached hydrogen (secondary N) is 1. The number of anilines is 1. The Hall–Kier alpha value is -3.92. The summed E-state index contributed by atoms with van der Waals surface area (Å²) in [7, 11) is 0. The van der Waals surface area contributed by atoms with Crippen LogP contribution in [0.2, 0.25) is 0 Å². The van der Waals surface area contributed by atoms with Gasteiger partial charge in [-0.3, -0.25) is 9.98 Å². The first-order valence-electron chi connectivity index (χ1n) is 11.4. The van der Waals surface area contributed by atoms with E-state index < -0.39 is 0 Å². The summed E-state index contributed by atoms with van der Waals surface area (Å²) in [6, 6.07) is 31.7. The number of aromatic nitrogens is 1. The molecule has 1 aliphatic heterocycles. The largest absolute Gasteiger partial charge is 0.342 e. The fourth-order valence-corrected chi connectivity index (χ4v) is 4.33. The molecule has 0 bridgehead atoms. The lowest BCUT2D eigenvalue weighted by Gasteiger charge is -2.12. The van der Waals surface area contributed by atoms with Gasteiger partial charge in [-0.15, -0.1) is 0 Å². The molecule has 0 radical (unpaired) electrons. The zero-order valence-electron chi connectivity index (χ0n) is 19.1. The van der Waals surface area contributed by atoms with E-state index in [9.17, 15) is 0 Å². The predicted molar refractivity (Wildman–Crippen MR) is 139 cm³/mol. The number of hydrogen-bond donors (Lipinski definition) is 1. The first-order chi connectivity index (χ1) is 16.2. The van der Waals surface area contributed by atoms with Crippen molar-refractivity contribution in [2.24, 2.45) is 9.98 Å². The lowest BCUT2D eigenvalue weighted by atomic mass is 10.1. The molecule has 3 aromatic carbocycles. The van der Waals surface area contributed by atoms with Crippen LogP contribution in [0.5, 0.6) is 0 Å². The summed E-state index contributed by atoms with van der Waals surface area (Å²) in [5.41, 5.74) is 9.03. The molecular formula is C29H28N4. The number of aryl methyl sites for hydroxylation is 2. The lowest BCUT2D eigenvalue weighted by Crippen LogP contribution is -2.17. The summed E-state index contributed by atoms with van der Waals surface area (Å²) < 4.78 is 2.27. The number of hydrogen-bond acceptors (Lipinski definition) is 2. The van der Waals surface area contributed by atoms with Crippen LogP contribution in [-0.4, -0.2) is 22.7 Å². The highest BCUT2D eigenvalue weighted by Crippen LogP contribution is 2.29. The molecule has 1 N–H and O–H groups in total. The molecule has 1 aromatic heterocycles. The molecular weight excluding hydrogens is 404 g/mol. The highest BCUT2D eigenvalue weighted by atomic mass is 15.0. The minimum atomic E-state index is 0.671. The molecule has 4 heteroatoms. The Morgan fingerprint density at radius 1 is 0.818 bits per heavy atom. The zero-order chi connectivity index (χ0) is 22.6. The summed E-state index contributed by atoms with van der Waals surface area (Å²) in [6.07, 6.45) is 1.59. The summed E-state index contributed by atoms with van der Waals surface area (Å²) >= 11 is 0. The Morgan fingerprint density at radius 2 is 1.52 bits per heavy atom. The Labute approximate surface area is 195 Å². The van der Waals surface area contributed by atoms with Crippen molar-refractivity contribution in [3.63, 3.8) is 0 Å². The van der Waals surface area contributed by atoms with E-state index in [4.69, 9.17) is 9.98 Å². The van der Waals surface area contributed by atoms with Gasteiger partial charge in [0.1, 0.15) is 5.84 Å². The van der Waals surface area contributed by atoms with E-state index >= 15 is 0 Å². The molecule has 4 nitrogen and oxygen atoms in total. The van der Waals surface area contributed by atoms with Crippen LogP contribution in [-0.2, 0) is 6.42 Å². The van der Waals surface area contributed by atoms with Crippen molar-refractivity contribution in [2.75, 3.05) is 11.9 Å². The first kappa shape index (κ1) is 21.0. The van der Waals surface area contributed by atoms with Gasteiger partial charge >= 0.3 is 0 Å². The maximum atomic E-state index is 5.02. The fraction of sp³-hybridized carbons (Fsp3) is 0.172. The Morgan fingerprint density at radius 3 is 2.27 bits per heavy atom. The van der Waals surface area contributed by atoms with Crippen LogP contribution in [0, 0.1) is 13.8 Å². The van der Waals surface area contributed by atoms with Crippen molar-refractivity contribution < 1.29 is 0 Å². The van der Waals surface area contributed by atoms with Crippen molar-refractivity contribution >= 4 is 22.9 Å². The quantitative estimate of drug-likeness (QED) is 0.376. The molecule has 0 saturated carbocycles. The second kappa shape index (κ2) is 9.29. The van der Waals surface area contributed by atoms with Gasteiger partial charge < -0.3 is 9.88 Å². The third kappa shape index (κ3) is 4.65. The average Bonchev–Trinajstić information content (AvgIpc) is 3.06. The second-order valence-electron chi connectivity index (χ2n) is 8.44. The van der Waals surface area contributed by atoms with Crippen LogP contribution < -0.4 is 5.32 Å². The molecule has 164 valence electrons. The van der Waals surface area contributed by atoms with Crippen molar-refractivity contribution in [2.45, 2.75) is 26.7 Å². The van der Waals surface area contributed by atoms with Crippen molar-refractivity contribution in [3.05, 3.63) is 114 Å². The van der Waals surface area contributed by atoms with E-state index in [-0.39, 0.29) is 0 Å². The third-order valence-electron chi connectivity index (χ3n) is 6.05. The topological polar surface area (TPSA) is 41.7 Å². The molecule has 0 fully saturated rings. The minimum absolute atomic E-state index is 0.671. The Balaban J connectivity index is 1.43. The van der Waals surface area contributed by atoms with E-state index in [2.05, 4.69) is 96.5 Å². The van der Waals surface area contributed by atoms with Gasteiger partial charge in [0.05, 0.1) is 17.1 Å². The van der Waals surface area contributed by atoms with Gasteiger partial charge in [0.15, 0.2) is 0 Å².